The number of methoxy groups -OCH3 is 1. The molecular formula is C11H22O4. The van der Waals surface area contributed by atoms with Crippen molar-refractivity contribution in [3.63, 3.8) is 0 Å². The number of hydrogen-bond acceptors (Lipinski definition) is 4. The average molecular weight is 218 g/mol. The van der Waals surface area contributed by atoms with Crippen molar-refractivity contribution in [1.82, 2.24) is 0 Å². The molecule has 0 radical (unpaired) electrons. The van der Waals surface area contributed by atoms with E-state index in [2.05, 4.69) is 6.92 Å². The molecule has 1 aliphatic heterocycles. The second-order valence-corrected chi connectivity index (χ2v) is 4.00. The van der Waals surface area contributed by atoms with Crippen LogP contribution in [-0.2, 0) is 14.2 Å². The van der Waals surface area contributed by atoms with Crippen molar-refractivity contribution in [2.75, 3.05) is 13.7 Å². The van der Waals surface area contributed by atoms with Gasteiger partial charge in [0, 0.05) is 20.1 Å². The van der Waals surface area contributed by atoms with Crippen LogP contribution in [0.2, 0.25) is 0 Å². The van der Waals surface area contributed by atoms with Crippen LogP contribution >= 0.6 is 0 Å². The minimum atomic E-state index is -0.555. The van der Waals surface area contributed by atoms with Gasteiger partial charge in [-0.1, -0.05) is 13.3 Å². The smallest absolute Gasteiger partial charge is 0.160 e. The van der Waals surface area contributed by atoms with Crippen molar-refractivity contribution in [3.8, 4) is 0 Å². The number of ether oxygens (including phenoxy) is 3. The summed E-state index contributed by atoms with van der Waals surface area (Å²) in [6, 6.07) is 0. The quantitative estimate of drug-likeness (QED) is 0.707. The van der Waals surface area contributed by atoms with Gasteiger partial charge in [0.05, 0.1) is 12.2 Å². The molecule has 1 heterocycles. The molecule has 0 aromatic carbocycles. The highest BCUT2D eigenvalue weighted by Crippen LogP contribution is 2.23. The standard InChI is InChI=1S/C11H22O4/c1-4-5-6-14-10-7-9(13-3)11(12)8(2)15-10/h8-12H,4-7H2,1-3H3/t8-,9-,10-,11+/m1/s1. The van der Waals surface area contributed by atoms with Gasteiger partial charge in [0.1, 0.15) is 6.10 Å². The highest BCUT2D eigenvalue weighted by Gasteiger charge is 2.35. The van der Waals surface area contributed by atoms with E-state index in [1.807, 2.05) is 6.92 Å². The molecule has 0 saturated carbocycles. The minimum absolute atomic E-state index is 0.180. The van der Waals surface area contributed by atoms with Crippen LogP contribution in [0.1, 0.15) is 33.1 Å². The molecule has 15 heavy (non-hydrogen) atoms. The van der Waals surface area contributed by atoms with Gasteiger partial charge < -0.3 is 19.3 Å². The second-order valence-electron chi connectivity index (χ2n) is 4.00. The summed E-state index contributed by atoms with van der Waals surface area (Å²) in [5.74, 6) is 0. The number of rotatable bonds is 5. The van der Waals surface area contributed by atoms with E-state index < -0.39 is 6.10 Å². The molecule has 0 spiro atoms. The fourth-order valence-electron chi connectivity index (χ4n) is 1.71. The van der Waals surface area contributed by atoms with E-state index in [4.69, 9.17) is 14.2 Å². The molecule has 1 rings (SSSR count). The number of aliphatic hydroxyl groups is 1. The van der Waals surface area contributed by atoms with Gasteiger partial charge in [0.15, 0.2) is 6.29 Å². The first kappa shape index (κ1) is 12.9. The van der Waals surface area contributed by atoms with Crippen LogP contribution in [0.25, 0.3) is 0 Å². The van der Waals surface area contributed by atoms with Gasteiger partial charge in [-0.25, -0.2) is 0 Å². The zero-order valence-corrected chi connectivity index (χ0v) is 9.81. The topological polar surface area (TPSA) is 47.9 Å². The minimum Gasteiger partial charge on any atom is -0.388 e. The Morgan fingerprint density at radius 3 is 2.80 bits per heavy atom. The van der Waals surface area contributed by atoms with Crippen molar-refractivity contribution in [1.29, 1.82) is 0 Å². The Labute approximate surface area is 91.5 Å². The highest BCUT2D eigenvalue weighted by molar-refractivity contribution is 4.81. The third-order valence-corrected chi connectivity index (χ3v) is 2.76. The number of hydrogen-bond donors (Lipinski definition) is 1. The first-order valence-electron chi connectivity index (χ1n) is 5.67. The summed E-state index contributed by atoms with van der Waals surface area (Å²) >= 11 is 0. The molecule has 0 aliphatic carbocycles. The van der Waals surface area contributed by atoms with E-state index in [1.165, 1.54) is 0 Å². The normalized spacial score (nSPS) is 36.8. The largest absolute Gasteiger partial charge is 0.388 e. The summed E-state index contributed by atoms with van der Waals surface area (Å²) in [6.45, 7) is 4.67. The molecule has 0 aromatic heterocycles. The summed E-state index contributed by atoms with van der Waals surface area (Å²) in [5.41, 5.74) is 0. The predicted molar refractivity (Wildman–Crippen MR) is 56.6 cm³/mol. The Balaban J connectivity index is 2.34. The third-order valence-electron chi connectivity index (χ3n) is 2.76. The lowest BCUT2D eigenvalue weighted by Crippen LogP contribution is -2.48. The molecule has 4 atom stereocenters. The Morgan fingerprint density at radius 1 is 1.47 bits per heavy atom. The summed E-state index contributed by atoms with van der Waals surface area (Å²) < 4.78 is 16.3. The summed E-state index contributed by atoms with van der Waals surface area (Å²) in [4.78, 5) is 0. The Hall–Kier alpha value is -0.160. The SMILES string of the molecule is CCCCO[C@H]1C[C@@H](OC)[C@@H](O)[C@@H](C)O1. The Bertz CT molecular complexity index is 174. The maximum atomic E-state index is 9.72. The zero-order valence-electron chi connectivity index (χ0n) is 9.81. The first-order valence-corrected chi connectivity index (χ1v) is 5.67. The average Bonchev–Trinajstić information content (AvgIpc) is 2.23. The molecule has 4 heteroatoms. The van der Waals surface area contributed by atoms with Crippen molar-refractivity contribution in [3.05, 3.63) is 0 Å². The molecule has 0 unspecified atom stereocenters. The van der Waals surface area contributed by atoms with Crippen molar-refractivity contribution in [2.45, 2.75) is 57.7 Å². The van der Waals surface area contributed by atoms with Gasteiger partial charge in [-0.15, -0.1) is 0 Å². The lowest BCUT2D eigenvalue weighted by Gasteiger charge is -2.36. The van der Waals surface area contributed by atoms with Gasteiger partial charge in [0.2, 0.25) is 0 Å². The third kappa shape index (κ3) is 3.72. The molecule has 1 saturated heterocycles. The van der Waals surface area contributed by atoms with E-state index in [-0.39, 0.29) is 18.5 Å². The van der Waals surface area contributed by atoms with Crippen molar-refractivity contribution < 1.29 is 19.3 Å². The fraction of sp³-hybridized carbons (Fsp3) is 1.00. The van der Waals surface area contributed by atoms with E-state index >= 15 is 0 Å². The molecule has 0 aromatic rings. The van der Waals surface area contributed by atoms with Gasteiger partial charge >= 0.3 is 0 Å². The monoisotopic (exact) mass is 218 g/mol. The van der Waals surface area contributed by atoms with Crippen molar-refractivity contribution in [2.24, 2.45) is 0 Å². The molecular weight excluding hydrogens is 196 g/mol. The highest BCUT2D eigenvalue weighted by atomic mass is 16.7. The van der Waals surface area contributed by atoms with Crippen LogP contribution in [-0.4, -0.2) is 43.4 Å². The van der Waals surface area contributed by atoms with Crippen molar-refractivity contribution >= 4 is 0 Å². The van der Waals surface area contributed by atoms with Crippen LogP contribution in [0, 0.1) is 0 Å². The fourth-order valence-corrected chi connectivity index (χ4v) is 1.71. The van der Waals surface area contributed by atoms with Gasteiger partial charge in [-0.05, 0) is 13.3 Å². The molecule has 0 bridgehead atoms. The van der Waals surface area contributed by atoms with E-state index in [0.717, 1.165) is 12.8 Å². The summed E-state index contributed by atoms with van der Waals surface area (Å²) in [7, 11) is 1.61. The molecule has 1 fully saturated rings. The summed E-state index contributed by atoms with van der Waals surface area (Å²) in [6.07, 6.45) is 1.55. The van der Waals surface area contributed by atoms with E-state index in [1.54, 1.807) is 7.11 Å². The van der Waals surface area contributed by atoms with E-state index in [0.29, 0.717) is 13.0 Å². The predicted octanol–water partition coefficient (Wildman–Crippen LogP) is 1.31. The molecule has 0 amide bonds. The maximum Gasteiger partial charge on any atom is 0.160 e. The lowest BCUT2D eigenvalue weighted by atomic mass is 10.0. The second kappa shape index (κ2) is 6.43. The van der Waals surface area contributed by atoms with Crippen LogP contribution in [0.15, 0.2) is 0 Å². The summed E-state index contributed by atoms with van der Waals surface area (Å²) in [5, 5.41) is 9.72. The van der Waals surface area contributed by atoms with Crippen LogP contribution in [0.4, 0.5) is 0 Å². The van der Waals surface area contributed by atoms with Crippen LogP contribution in [0.3, 0.4) is 0 Å². The van der Waals surface area contributed by atoms with Gasteiger partial charge in [-0.2, -0.15) is 0 Å². The molecule has 1 N–H and O–H groups in total. The van der Waals surface area contributed by atoms with Gasteiger partial charge in [0.25, 0.3) is 0 Å². The maximum absolute atomic E-state index is 9.72. The lowest BCUT2D eigenvalue weighted by molar-refractivity contribution is -0.249. The molecule has 90 valence electrons. The number of aliphatic hydroxyl groups excluding tert-OH is 1. The van der Waals surface area contributed by atoms with Crippen LogP contribution < -0.4 is 0 Å². The van der Waals surface area contributed by atoms with Crippen LogP contribution in [0.5, 0.6) is 0 Å². The Morgan fingerprint density at radius 2 is 2.20 bits per heavy atom. The van der Waals surface area contributed by atoms with E-state index in [9.17, 15) is 5.11 Å². The molecule has 4 nitrogen and oxygen atoms in total. The van der Waals surface area contributed by atoms with Gasteiger partial charge in [-0.3, -0.25) is 0 Å². The Kier molecular flexibility index (Phi) is 5.53. The molecule has 1 aliphatic rings. The zero-order chi connectivity index (χ0) is 11.3. The first-order chi connectivity index (χ1) is 7.19. The number of unbranched alkanes of at least 4 members (excludes halogenated alkanes) is 1.